The molecule has 2 rings (SSSR count). The predicted molar refractivity (Wildman–Crippen MR) is 88.8 cm³/mol. The second-order valence-electron chi connectivity index (χ2n) is 7.20. The number of hydrogen-bond donors (Lipinski definition) is 1. The average molecular weight is 311 g/mol. The van der Waals surface area contributed by atoms with Gasteiger partial charge in [-0.3, -0.25) is 9.69 Å². The Morgan fingerprint density at radius 1 is 1.23 bits per heavy atom. The molecule has 22 heavy (non-hydrogen) atoms. The Kier molecular flexibility index (Phi) is 6.66. The van der Waals surface area contributed by atoms with Gasteiger partial charge in [0.1, 0.15) is 0 Å². The lowest BCUT2D eigenvalue weighted by molar-refractivity contribution is -0.136. The summed E-state index contributed by atoms with van der Waals surface area (Å²) in [5.74, 6) is 1.12. The molecule has 1 N–H and O–H groups in total. The standard InChI is InChI=1S/C17H33N3O2/c1-13(9-18-4)17(21)20-7-5-16(6-8-20)12-19-10-14(2)22-15(3)11-19/h13-16,18H,5-12H2,1-4H3. The van der Waals surface area contributed by atoms with Crippen LogP contribution in [0.3, 0.4) is 0 Å². The van der Waals surface area contributed by atoms with E-state index in [-0.39, 0.29) is 5.92 Å². The van der Waals surface area contributed by atoms with Gasteiger partial charge in [0.25, 0.3) is 0 Å². The molecule has 2 heterocycles. The second kappa shape index (κ2) is 8.27. The summed E-state index contributed by atoms with van der Waals surface area (Å²) in [7, 11) is 1.90. The van der Waals surface area contributed by atoms with Crippen molar-refractivity contribution in [3.8, 4) is 0 Å². The average Bonchev–Trinajstić information content (AvgIpc) is 2.46. The van der Waals surface area contributed by atoms with Crippen molar-refractivity contribution in [1.29, 1.82) is 0 Å². The van der Waals surface area contributed by atoms with E-state index in [1.54, 1.807) is 0 Å². The van der Waals surface area contributed by atoms with Crippen LogP contribution in [0.15, 0.2) is 0 Å². The number of nitrogens with one attached hydrogen (secondary N) is 1. The topological polar surface area (TPSA) is 44.8 Å². The van der Waals surface area contributed by atoms with Crippen LogP contribution in [0.5, 0.6) is 0 Å². The number of carbonyl (C=O) groups excluding carboxylic acids is 1. The van der Waals surface area contributed by atoms with Gasteiger partial charge in [0.2, 0.25) is 5.91 Å². The highest BCUT2D eigenvalue weighted by Gasteiger charge is 2.29. The smallest absolute Gasteiger partial charge is 0.226 e. The summed E-state index contributed by atoms with van der Waals surface area (Å²) in [5, 5.41) is 3.09. The van der Waals surface area contributed by atoms with Gasteiger partial charge in [0.15, 0.2) is 0 Å². The van der Waals surface area contributed by atoms with Gasteiger partial charge in [-0.2, -0.15) is 0 Å². The Morgan fingerprint density at radius 2 is 1.82 bits per heavy atom. The van der Waals surface area contributed by atoms with Crippen molar-refractivity contribution in [3.05, 3.63) is 0 Å². The van der Waals surface area contributed by atoms with Crippen LogP contribution in [-0.4, -0.2) is 74.2 Å². The van der Waals surface area contributed by atoms with E-state index in [1.807, 2.05) is 14.0 Å². The minimum atomic E-state index is 0.0856. The van der Waals surface area contributed by atoms with E-state index in [9.17, 15) is 4.79 Å². The maximum absolute atomic E-state index is 12.3. The van der Waals surface area contributed by atoms with Crippen LogP contribution in [0.1, 0.15) is 33.6 Å². The molecule has 0 aromatic rings. The maximum atomic E-state index is 12.3. The SMILES string of the molecule is CNCC(C)C(=O)N1CCC(CN2CC(C)OC(C)C2)CC1. The lowest BCUT2D eigenvalue weighted by Crippen LogP contribution is -2.49. The second-order valence-corrected chi connectivity index (χ2v) is 7.20. The maximum Gasteiger partial charge on any atom is 0.226 e. The summed E-state index contributed by atoms with van der Waals surface area (Å²) in [4.78, 5) is 16.9. The molecule has 0 aromatic carbocycles. The van der Waals surface area contributed by atoms with Crippen molar-refractivity contribution in [2.75, 3.05) is 46.3 Å². The van der Waals surface area contributed by atoms with Crippen molar-refractivity contribution < 1.29 is 9.53 Å². The highest BCUT2D eigenvalue weighted by atomic mass is 16.5. The number of amides is 1. The first-order valence-corrected chi connectivity index (χ1v) is 8.80. The molecule has 128 valence electrons. The molecule has 2 aliphatic rings. The zero-order valence-corrected chi connectivity index (χ0v) is 14.7. The van der Waals surface area contributed by atoms with E-state index in [1.165, 1.54) is 0 Å². The quantitative estimate of drug-likeness (QED) is 0.828. The molecular weight excluding hydrogens is 278 g/mol. The van der Waals surface area contributed by atoms with E-state index in [0.717, 1.165) is 58.0 Å². The molecule has 3 unspecified atom stereocenters. The third-order valence-corrected chi connectivity index (χ3v) is 4.87. The highest BCUT2D eigenvalue weighted by molar-refractivity contribution is 5.78. The summed E-state index contributed by atoms with van der Waals surface area (Å²) >= 11 is 0. The minimum Gasteiger partial charge on any atom is -0.373 e. The highest BCUT2D eigenvalue weighted by Crippen LogP contribution is 2.21. The van der Waals surface area contributed by atoms with E-state index in [4.69, 9.17) is 4.74 Å². The number of hydrogen-bond acceptors (Lipinski definition) is 4. The zero-order chi connectivity index (χ0) is 16.1. The van der Waals surface area contributed by atoms with Gasteiger partial charge in [-0.05, 0) is 39.7 Å². The molecule has 5 heteroatoms. The van der Waals surface area contributed by atoms with Crippen molar-refractivity contribution in [1.82, 2.24) is 15.1 Å². The molecule has 0 saturated carbocycles. The first kappa shape index (κ1) is 17.7. The molecule has 2 fully saturated rings. The minimum absolute atomic E-state index is 0.0856. The molecule has 5 nitrogen and oxygen atoms in total. The van der Waals surface area contributed by atoms with Crippen LogP contribution in [0.4, 0.5) is 0 Å². The summed E-state index contributed by atoms with van der Waals surface area (Å²) in [6, 6.07) is 0. The van der Waals surface area contributed by atoms with Crippen LogP contribution >= 0.6 is 0 Å². The van der Waals surface area contributed by atoms with E-state index >= 15 is 0 Å². The van der Waals surface area contributed by atoms with Crippen LogP contribution in [0.2, 0.25) is 0 Å². The third-order valence-electron chi connectivity index (χ3n) is 4.87. The van der Waals surface area contributed by atoms with Gasteiger partial charge < -0.3 is 15.0 Å². The van der Waals surface area contributed by atoms with Gasteiger partial charge in [0.05, 0.1) is 12.2 Å². The van der Waals surface area contributed by atoms with Gasteiger partial charge in [-0.15, -0.1) is 0 Å². The van der Waals surface area contributed by atoms with Crippen molar-refractivity contribution in [2.45, 2.75) is 45.8 Å². The number of likely N-dealkylation sites (tertiary alicyclic amines) is 1. The Bertz CT molecular complexity index is 346. The summed E-state index contributed by atoms with van der Waals surface area (Å²) < 4.78 is 5.80. The van der Waals surface area contributed by atoms with Crippen molar-refractivity contribution in [2.24, 2.45) is 11.8 Å². The normalized spacial score (nSPS) is 29.5. The monoisotopic (exact) mass is 311 g/mol. The lowest BCUT2D eigenvalue weighted by atomic mass is 9.94. The largest absolute Gasteiger partial charge is 0.373 e. The fraction of sp³-hybridized carbons (Fsp3) is 0.941. The van der Waals surface area contributed by atoms with Gasteiger partial charge in [-0.1, -0.05) is 6.92 Å². The lowest BCUT2D eigenvalue weighted by Gasteiger charge is -2.40. The zero-order valence-electron chi connectivity index (χ0n) is 14.7. The molecule has 3 atom stereocenters. The number of ether oxygens (including phenoxy) is 1. The Labute approximate surface area is 135 Å². The molecule has 0 bridgehead atoms. The Hall–Kier alpha value is -0.650. The number of rotatable bonds is 5. The number of nitrogens with zero attached hydrogens (tertiary/aromatic N) is 2. The molecule has 0 aromatic heterocycles. The van der Waals surface area contributed by atoms with Gasteiger partial charge >= 0.3 is 0 Å². The number of carbonyl (C=O) groups is 1. The molecule has 0 spiro atoms. The summed E-state index contributed by atoms with van der Waals surface area (Å²) in [5.41, 5.74) is 0. The summed E-state index contributed by atoms with van der Waals surface area (Å²) in [6.07, 6.45) is 2.96. The van der Waals surface area contributed by atoms with E-state index in [0.29, 0.717) is 18.1 Å². The fourth-order valence-electron chi connectivity index (χ4n) is 3.84. The predicted octanol–water partition coefficient (Wildman–Crippen LogP) is 1.19. The molecular formula is C17H33N3O2. The molecule has 2 saturated heterocycles. The Balaban J connectivity index is 1.74. The molecule has 2 aliphatic heterocycles. The van der Waals surface area contributed by atoms with Crippen LogP contribution in [0.25, 0.3) is 0 Å². The molecule has 1 amide bonds. The van der Waals surface area contributed by atoms with Crippen molar-refractivity contribution in [3.63, 3.8) is 0 Å². The summed E-state index contributed by atoms with van der Waals surface area (Å²) in [6.45, 7) is 12.2. The fourth-order valence-corrected chi connectivity index (χ4v) is 3.84. The van der Waals surface area contributed by atoms with Crippen LogP contribution < -0.4 is 5.32 Å². The number of morpholine rings is 1. The Morgan fingerprint density at radius 3 is 2.36 bits per heavy atom. The number of piperidine rings is 1. The first-order chi connectivity index (χ1) is 10.5. The van der Waals surface area contributed by atoms with E-state index < -0.39 is 0 Å². The molecule has 0 aliphatic carbocycles. The van der Waals surface area contributed by atoms with Crippen LogP contribution in [-0.2, 0) is 9.53 Å². The third kappa shape index (κ3) is 4.93. The van der Waals surface area contributed by atoms with Crippen LogP contribution in [0, 0.1) is 11.8 Å². The van der Waals surface area contributed by atoms with Gasteiger partial charge in [0, 0.05) is 45.2 Å². The van der Waals surface area contributed by atoms with E-state index in [2.05, 4.69) is 29.0 Å². The first-order valence-electron chi connectivity index (χ1n) is 8.80. The van der Waals surface area contributed by atoms with Gasteiger partial charge in [-0.25, -0.2) is 0 Å². The van der Waals surface area contributed by atoms with Crippen molar-refractivity contribution >= 4 is 5.91 Å². The molecule has 0 radical (unpaired) electrons.